The molecule has 0 aromatic heterocycles. The van der Waals surface area contributed by atoms with E-state index in [9.17, 15) is 8.42 Å². The Bertz CT molecular complexity index is 338. The molecule has 0 saturated carbocycles. The highest BCUT2D eigenvalue weighted by molar-refractivity contribution is 8.09. The van der Waals surface area contributed by atoms with Crippen LogP contribution in [0.5, 0.6) is 0 Å². The van der Waals surface area contributed by atoms with E-state index in [0.717, 1.165) is 0 Å². The molecule has 0 aromatic rings. The quantitative estimate of drug-likeness (QED) is 0.656. The number of hydrogen-bond donors (Lipinski definition) is 1. The van der Waals surface area contributed by atoms with E-state index in [4.69, 9.17) is 0 Å². The second kappa shape index (κ2) is 2.90. The number of allylic oxidation sites excluding steroid dienone is 1. The van der Waals surface area contributed by atoms with Crippen molar-refractivity contribution < 1.29 is 8.42 Å². The lowest BCUT2D eigenvalue weighted by Gasteiger charge is -2.01. The van der Waals surface area contributed by atoms with Crippen molar-refractivity contribution >= 4 is 15.0 Å². The van der Waals surface area contributed by atoms with Crippen molar-refractivity contribution in [1.82, 2.24) is 5.32 Å². The van der Waals surface area contributed by atoms with Gasteiger partial charge < -0.3 is 5.32 Å². The van der Waals surface area contributed by atoms with Gasteiger partial charge in [-0.05, 0) is 20.8 Å². The van der Waals surface area contributed by atoms with Gasteiger partial charge in [-0.15, -0.1) is 0 Å². The molecule has 1 aliphatic heterocycles. The Morgan fingerprint density at radius 3 is 2.42 bits per heavy atom. The van der Waals surface area contributed by atoms with Crippen LogP contribution in [-0.4, -0.2) is 19.6 Å². The summed E-state index contributed by atoms with van der Waals surface area (Å²) < 4.78 is 22.5. The van der Waals surface area contributed by atoms with E-state index in [-0.39, 0.29) is 11.2 Å². The van der Waals surface area contributed by atoms with E-state index in [1.54, 1.807) is 6.92 Å². The van der Waals surface area contributed by atoms with Crippen LogP contribution < -0.4 is 5.32 Å². The van der Waals surface area contributed by atoms with Gasteiger partial charge in [0.25, 0.3) is 0 Å². The molecule has 1 N–H and O–H groups in total. The molecule has 0 bridgehead atoms. The molecule has 68 valence electrons. The Hall–Kier alpha value is -0.840. The van der Waals surface area contributed by atoms with Crippen LogP contribution in [0.1, 0.15) is 20.8 Å². The van der Waals surface area contributed by atoms with Crippen molar-refractivity contribution in [2.45, 2.75) is 26.8 Å². The van der Waals surface area contributed by atoms with Crippen LogP contribution in [0.25, 0.3) is 0 Å². The van der Waals surface area contributed by atoms with Gasteiger partial charge in [-0.2, -0.15) is 0 Å². The summed E-state index contributed by atoms with van der Waals surface area (Å²) in [5.41, 5.74) is 0.620. The Labute approximate surface area is 72.3 Å². The van der Waals surface area contributed by atoms with Crippen molar-refractivity contribution in [2.75, 3.05) is 0 Å². The zero-order valence-corrected chi connectivity index (χ0v) is 8.14. The van der Waals surface area contributed by atoms with Crippen LogP contribution >= 0.6 is 0 Å². The molecular formula is C7H12N2O2S. The molecule has 0 fully saturated rings. The first-order chi connectivity index (χ1) is 5.42. The van der Waals surface area contributed by atoms with Crippen LogP contribution in [0, 0.1) is 0 Å². The van der Waals surface area contributed by atoms with Crippen molar-refractivity contribution in [3.63, 3.8) is 0 Å². The molecule has 0 atom stereocenters. The monoisotopic (exact) mass is 188 g/mol. The van der Waals surface area contributed by atoms with Gasteiger partial charge in [0.1, 0.15) is 0 Å². The van der Waals surface area contributed by atoms with Crippen LogP contribution in [0.3, 0.4) is 0 Å². The first-order valence-corrected chi connectivity index (χ1v) is 5.24. The summed E-state index contributed by atoms with van der Waals surface area (Å²) in [7, 11) is -3.25. The molecule has 12 heavy (non-hydrogen) atoms. The lowest BCUT2D eigenvalue weighted by molar-refractivity contribution is 0.614. The molecule has 0 radical (unpaired) electrons. The van der Waals surface area contributed by atoms with E-state index in [1.165, 1.54) is 5.41 Å². The Balaban J connectivity index is 3.02. The largest absolute Gasteiger partial charge is 0.334 e. The summed E-state index contributed by atoms with van der Waals surface area (Å²) in [5.74, 6) is 0. The van der Waals surface area contributed by atoms with Gasteiger partial charge >= 0.3 is 0 Å². The van der Waals surface area contributed by atoms with E-state index in [1.807, 2.05) is 13.8 Å². The zero-order valence-electron chi connectivity index (χ0n) is 7.33. The predicted octanol–water partition coefficient (Wildman–Crippen LogP) is 0.630. The maximum atomic E-state index is 11.2. The number of amidine groups is 1. The highest BCUT2D eigenvalue weighted by atomic mass is 32.2. The average molecular weight is 188 g/mol. The van der Waals surface area contributed by atoms with E-state index < -0.39 is 9.84 Å². The summed E-state index contributed by atoms with van der Waals surface area (Å²) >= 11 is 0. The first-order valence-electron chi connectivity index (χ1n) is 3.70. The predicted molar refractivity (Wildman–Crippen MR) is 48.4 cm³/mol. The average Bonchev–Trinajstić information content (AvgIpc) is 2.04. The molecule has 5 heteroatoms. The van der Waals surface area contributed by atoms with Gasteiger partial charge in [-0.1, -0.05) is 0 Å². The van der Waals surface area contributed by atoms with Gasteiger partial charge in [-0.25, -0.2) is 8.42 Å². The number of sulfone groups is 1. The fraction of sp³-hybridized carbons (Fsp3) is 0.571. The van der Waals surface area contributed by atoms with Crippen molar-refractivity contribution in [3.05, 3.63) is 11.1 Å². The lowest BCUT2D eigenvalue weighted by atomic mass is 10.4. The molecule has 0 spiro atoms. The third kappa shape index (κ3) is 1.85. The smallest absolute Gasteiger partial charge is 0.234 e. The normalized spacial score (nSPS) is 24.3. The number of nitrogens with one attached hydrogen (secondary N) is 1. The summed E-state index contributed by atoms with van der Waals surface area (Å²) in [6, 6.07) is -0.0124. The van der Waals surface area contributed by atoms with Gasteiger partial charge in [0.2, 0.25) is 15.0 Å². The fourth-order valence-corrected chi connectivity index (χ4v) is 2.20. The maximum Gasteiger partial charge on any atom is 0.234 e. The Morgan fingerprint density at radius 2 is 2.08 bits per heavy atom. The number of hydrogen-bond acceptors (Lipinski definition) is 3. The first kappa shape index (κ1) is 9.25. The minimum Gasteiger partial charge on any atom is -0.334 e. The van der Waals surface area contributed by atoms with Crippen LogP contribution in [0.4, 0.5) is 0 Å². The highest BCUT2D eigenvalue weighted by Gasteiger charge is 2.24. The second-order valence-electron chi connectivity index (χ2n) is 3.00. The molecule has 4 nitrogen and oxygen atoms in total. The van der Waals surface area contributed by atoms with Gasteiger partial charge in [0, 0.05) is 11.7 Å². The minimum absolute atomic E-state index is 0.0124. The molecule has 1 aliphatic rings. The zero-order chi connectivity index (χ0) is 9.35. The van der Waals surface area contributed by atoms with Gasteiger partial charge in [0.05, 0.1) is 5.41 Å². The number of nitrogens with zero attached hydrogens (tertiary/aromatic N) is 1. The third-order valence-electron chi connectivity index (χ3n) is 1.28. The van der Waals surface area contributed by atoms with Crippen molar-refractivity contribution in [1.29, 1.82) is 0 Å². The SMILES string of the molecule is CC1=CS(=O)(=O)C(=NC(C)C)N1. The summed E-state index contributed by atoms with van der Waals surface area (Å²) in [6.07, 6.45) is 0. The van der Waals surface area contributed by atoms with Crippen molar-refractivity contribution in [3.8, 4) is 0 Å². The van der Waals surface area contributed by atoms with Gasteiger partial charge in [0.15, 0.2) is 0 Å². The molecule has 0 aromatic carbocycles. The molecule has 1 rings (SSSR count). The number of rotatable bonds is 1. The molecule has 0 aliphatic carbocycles. The fourth-order valence-electron chi connectivity index (χ4n) is 0.898. The Kier molecular flexibility index (Phi) is 2.23. The molecule has 0 unspecified atom stereocenters. The maximum absolute atomic E-state index is 11.2. The van der Waals surface area contributed by atoms with E-state index in [2.05, 4.69) is 10.3 Å². The molecule has 0 amide bonds. The van der Waals surface area contributed by atoms with Crippen molar-refractivity contribution in [2.24, 2.45) is 4.99 Å². The lowest BCUT2D eigenvalue weighted by Crippen LogP contribution is -2.22. The molecular weight excluding hydrogens is 176 g/mol. The van der Waals surface area contributed by atoms with Gasteiger partial charge in [-0.3, -0.25) is 4.99 Å². The summed E-state index contributed by atoms with van der Waals surface area (Å²) in [4.78, 5) is 3.95. The standard InChI is InChI=1S/C7H12N2O2S/c1-5(2)8-7-9-6(3)4-12(7,10)11/h4-5H,1-3H3,(H,8,9). The second-order valence-corrected chi connectivity index (χ2v) is 4.71. The highest BCUT2D eigenvalue weighted by Crippen LogP contribution is 2.09. The topological polar surface area (TPSA) is 58.5 Å². The number of aliphatic imine (C=N–C) groups is 1. The molecule has 1 heterocycles. The van der Waals surface area contributed by atoms with Crippen LogP contribution in [-0.2, 0) is 9.84 Å². The summed E-state index contributed by atoms with van der Waals surface area (Å²) in [5, 5.41) is 3.95. The van der Waals surface area contributed by atoms with Crippen LogP contribution in [0.2, 0.25) is 0 Å². The van der Waals surface area contributed by atoms with E-state index in [0.29, 0.717) is 5.70 Å². The third-order valence-corrected chi connectivity index (χ3v) is 2.69. The van der Waals surface area contributed by atoms with Crippen LogP contribution in [0.15, 0.2) is 16.1 Å². The van der Waals surface area contributed by atoms with E-state index >= 15 is 0 Å². The summed E-state index contributed by atoms with van der Waals surface area (Å²) in [6.45, 7) is 5.36. The molecule has 0 saturated heterocycles. The Morgan fingerprint density at radius 1 is 1.50 bits per heavy atom. The minimum atomic E-state index is -3.25.